The Kier molecular flexibility index (Phi) is 5.76. The molecule has 0 aliphatic rings. The largest absolute Gasteiger partial charge is 0.497 e. The second kappa shape index (κ2) is 7.09. The lowest BCUT2D eigenvalue weighted by molar-refractivity contribution is -0.144. The van der Waals surface area contributed by atoms with E-state index in [1.54, 1.807) is 13.2 Å². The Hall–Kier alpha value is -1.82. The Balaban J connectivity index is 3.03. The van der Waals surface area contributed by atoms with Gasteiger partial charge in [-0.3, -0.25) is 4.79 Å². The summed E-state index contributed by atoms with van der Waals surface area (Å²) in [4.78, 5) is 13.7. The molecule has 1 aromatic rings. The van der Waals surface area contributed by atoms with E-state index in [0.717, 1.165) is 11.3 Å². The van der Waals surface area contributed by atoms with Crippen LogP contribution >= 0.6 is 12.2 Å². The van der Waals surface area contributed by atoms with Crippen LogP contribution in [0.4, 0.5) is 5.69 Å². The van der Waals surface area contributed by atoms with Crippen LogP contribution in [0.1, 0.15) is 12.5 Å². The number of carbonyl (C=O) groups is 1. The molecule has 1 unspecified atom stereocenters. The minimum Gasteiger partial charge on any atom is -0.497 e. The number of esters is 1. The van der Waals surface area contributed by atoms with Crippen molar-refractivity contribution in [2.24, 2.45) is 11.7 Å². The van der Waals surface area contributed by atoms with Crippen molar-refractivity contribution in [2.75, 3.05) is 32.7 Å². The van der Waals surface area contributed by atoms with Crippen LogP contribution in [0.2, 0.25) is 0 Å². The SMILES string of the molecule is COC(=O)C(C)CN(C)c1cc(OC)ccc1C(N)=S. The summed E-state index contributed by atoms with van der Waals surface area (Å²) in [5.41, 5.74) is 7.31. The van der Waals surface area contributed by atoms with Gasteiger partial charge in [0, 0.05) is 25.2 Å². The summed E-state index contributed by atoms with van der Waals surface area (Å²) in [7, 11) is 4.84. The van der Waals surface area contributed by atoms with Gasteiger partial charge in [-0.2, -0.15) is 0 Å². The Labute approximate surface area is 124 Å². The molecule has 0 aliphatic carbocycles. The monoisotopic (exact) mass is 296 g/mol. The van der Waals surface area contributed by atoms with Gasteiger partial charge in [-0.15, -0.1) is 0 Å². The van der Waals surface area contributed by atoms with Gasteiger partial charge in [0.2, 0.25) is 0 Å². The van der Waals surface area contributed by atoms with Crippen LogP contribution in [0.5, 0.6) is 5.75 Å². The number of hydrogen-bond acceptors (Lipinski definition) is 5. The molecule has 0 bridgehead atoms. The third-order valence-corrected chi connectivity index (χ3v) is 3.25. The predicted molar refractivity (Wildman–Crippen MR) is 83.3 cm³/mol. The molecule has 0 saturated heterocycles. The molecule has 0 amide bonds. The summed E-state index contributed by atoms with van der Waals surface area (Å²) in [6.07, 6.45) is 0. The van der Waals surface area contributed by atoms with Crippen molar-refractivity contribution in [3.05, 3.63) is 23.8 Å². The maximum absolute atomic E-state index is 11.5. The molecule has 2 N–H and O–H groups in total. The number of nitrogens with two attached hydrogens (primary N) is 1. The first-order valence-corrected chi connectivity index (χ1v) is 6.58. The maximum Gasteiger partial charge on any atom is 0.310 e. The third kappa shape index (κ3) is 3.84. The molecule has 0 spiro atoms. The van der Waals surface area contributed by atoms with Gasteiger partial charge in [-0.1, -0.05) is 19.1 Å². The van der Waals surface area contributed by atoms with E-state index in [1.165, 1.54) is 7.11 Å². The van der Waals surface area contributed by atoms with Gasteiger partial charge < -0.3 is 20.1 Å². The van der Waals surface area contributed by atoms with Gasteiger partial charge in [-0.05, 0) is 12.1 Å². The zero-order chi connectivity index (χ0) is 15.3. The zero-order valence-electron chi connectivity index (χ0n) is 12.2. The first kappa shape index (κ1) is 16.2. The van der Waals surface area contributed by atoms with Crippen LogP contribution in [0.3, 0.4) is 0 Å². The Bertz CT molecular complexity index is 505. The number of rotatable bonds is 6. The fourth-order valence-corrected chi connectivity index (χ4v) is 2.12. The summed E-state index contributed by atoms with van der Waals surface area (Å²) in [5.74, 6) is 0.199. The lowest BCUT2D eigenvalue weighted by Gasteiger charge is -2.25. The Morgan fingerprint density at radius 3 is 2.60 bits per heavy atom. The van der Waals surface area contributed by atoms with E-state index in [-0.39, 0.29) is 11.9 Å². The van der Waals surface area contributed by atoms with Gasteiger partial charge >= 0.3 is 5.97 Å². The average molecular weight is 296 g/mol. The third-order valence-electron chi connectivity index (χ3n) is 3.03. The normalized spacial score (nSPS) is 11.6. The van der Waals surface area contributed by atoms with E-state index in [4.69, 9.17) is 27.4 Å². The number of nitrogens with zero attached hydrogens (tertiary/aromatic N) is 1. The lowest BCUT2D eigenvalue weighted by Crippen LogP contribution is -2.30. The highest BCUT2D eigenvalue weighted by molar-refractivity contribution is 7.80. The molecular formula is C14H20N2O3S. The average Bonchev–Trinajstić information content (AvgIpc) is 2.45. The molecule has 6 heteroatoms. The number of ether oxygens (including phenoxy) is 2. The highest BCUT2D eigenvalue weighted by Crippen LogP contribution is 2.26. The molecule has 20 heavy (non-hydrogen) atoms. The molecule has 0 aromatic heterocycles. The second-order valence-corrected chi connectivity index (χ2v) is 4.99. The minimum atomic E-state index is -0.254. The molecule has 1 aromatic carbocycles. The standard InChI is InChI=1S/C14H20N2O3S/c1-9(14(17)19-4)8-16(2)12-7-10(18-3)5-6-11(12)13(15)20/h5-7,9H,8H2,1-4H3,(H2,15,20). The summed E-state index contributed by atoms with van der Waals surface area (Å²) in [6.45, 7) is 2.30. The number of hydrogen-bond donors (Lipinski definition) is 1. The predicted octanol–water partition coefficient (Wildman–Crippen LogP) is 1.57. The van der Waals surface area contributed by atoms with Gasteiger partial charge in [-0.25, -0.2) is 0 Å². The van der Waals surface area contributed by atoms with Crippen molar-refractivity contribution in [1.82, 2.24) is 0 Å². The van der Waals surface area contributed by atoms with E-state index in [0.29, 0.717) is 17.3 Å². The van der Waals surface area contributed by atoms with Crippen LogP contribution in [-0.4, -0.2) is 38.8 Å². The number of thiocarbonyl (C=S) groups is 1. The van der Waals surface area contributed by atoms with E-state index in [9.17, 15) is 4.79 Å². The first-order valence-electron chi connectivity index (χ1n) is 6.17. The van der Waals surface area contributed by atoms with Crippen LogP contribution in [0.15, 0.2) is 18.2 Å². The topological polar surface area (TPSA) is 64.8 Å². The van der Waals surface area contributed by atoms with E-state index < -0.39 is 0 Å². The molecule has 5 nitrogen and oxygen atoms in total. The number of anilines is 1. The van der Waals surface area contributed by atoms with Crippen molar-refractivity contribution in [3.8, 4) is 5.75 Å². The van der Waals surface area contributed by atoms with Crippen LogP contribution in [0.25, 0.3) is 0 Å². The van der Waals surface area contributed by atoms with Crippen molar-refractivity contribution >= 4 is 28.9 Å². The lowest BCUT2D eigenvalue weighted by atomic mass is 10.1. The summed E-state index contributed by atoms with van der Waals surface area (Å²) < 4.78 is 9.94. The van der Waals surface area contributed by atoms with Gasteiger partial charge in [0.15, 0.2) is 0 Å². The van der Waals surface area contributed by atoms with Crippen molar-refractivity contribution < 1.29 is 14.3 Å². The molecular weight excluding hydrogens is 276 g/mol. The van der Waals surface area contributed by atoms with Crippen molar-refractivity contribution in [2.45, 2.75) is 6.92 Å². The molecule has 0 aliphatic heterocycles. The van der Waals surface area contributed by atoms with E-state index in [1.807, 2.05) is 31.0 Å². The number of carbonyl (C=O) groups excluding carboxylic acids is 1. The van der Waals surface area contributed by atoms with Crippen LogP contribution < -0.4 is 15.4 Å². The van der Waals surface area contributed by atoms with Gasteiger partial charge in [0.1, 0.15) is 10.7 Å². The molecule has 110 valence electrons. The molecule has 0 fully saturated rings. The van der Waals surface area contributed by atoms with Crippen LogP contribution in [0, 0.1) is 5.92 Å². The van der Waals surface area contributed by atoms with E-state index >= 15 is 0 Å². The highest BCUT2D eigenvalue weighted by Gasteiger charge is 2.18. The van der Waals surface area contributed by atoms with E-state index in [2.05, 4.69) is 0 Å². The van der Waals surface area contributed by atoms with Gasteiger partial charge in [0.25, 0.3) is 0 Å². The summed E-state index contributed by atoms with van der Waals surface area (Å²) in [5, 5.41) is 0. The minimum absolute atomic E-state index is 0.253. The zero-order valence-corrected chi connectivity index (χ0v) is 13.0. The summed E-state index contributed by atoms with van der Waals surface area (Å²) in [6, 6.07) is 5.46. The fourth-order valence-electron chi connectivity index (χ4n) is 1.95. The number of benzene rings is 1. The van der Waals surface area contributed by atoms with Crippen molar-refractivity contribution in [1.29, 1.82) is 0 Å². The maximum atomic E-state index is 11.5. The Morgan fingerprint density at radius 1 is 1.45 bits per heavy atom. The van der Waals surface area contributed by atoms with Crippen molar-refractivity contribution in [3.63, 3.8) is 0 Å². The molecule has 0 heterocycles. The molecule has 1 atom stereocenters. The smallest absolute Gasteiger partial charge is 0.310 e. The number of methoxy groups -OCH3 is 2. The summed E-state index contributed by atoms with van der Waals surface area (Å²) >= 11 is 5.05. The molecule has 0 radical (unpaired) electrons. The second-order valence-electron chi connectivity index (χ2n) is 4.55. The van der Waals surface area contributed by atoms with Gasteiger partial charge in [0.05, 0.1) is 25.8 Å². The first-order chi connectivity index (χ1) is 9.40. The molecule has 0 saturated carbocycles. The fraction of sp³-hybridized carbons (Fsp3) is 0.429. The van der Waals surface area contributed by atoms with Crippen LogP contribution in [-0.2, 0) is 9.53 Å². The molecule has 1 rings (SSSR count). The quantitative estimate of drug-likeness (QED) is 0.635. The highest BCUT2D eigenvalue weighted by atomic mass is 32.1. The Morgan fingerprint density at radius 2 is 2.10 bits per heavy atom.